The first kappa shape index (κ1) is 7.03. The van der Waals surface area contributed by atoms with E-state index >= 15 is 0 Å². The third kappa shape index (κ3) is 1.43. The molecule has 0 aromatic heterocycles. The van der Waals surface area contributed by atoms with Crippen LogP contribution >= 0.6 is 0 Å². The van der Waals surface area contributed by atoms with E-state index in [0.29, 0.717) is 5.92 Å². The molecule has 0 aliphatic carbocycles. The van der Waals surface area contributed by atoms with Crippen molar-refractivity contribution in [3.8, 4) is 0 Å². The van der Waals surface area contributed by atoms with Gasteiger partial charge in [0.25, 0.3) is 0 Å². The average Bonchev–Trinajstić information content (AvgIpc) is 1.77. The van der Waals surface area contributed by atoms with Crippen LogP contribution in [0.1, 0.15) is 20.3 Å². The molecule has 1 aliphatic heterocycles. The van der Waals surface area contributed by atoms with E-state index in [1.54, 1.807) is 0 Å². The first-order chi connectivity index (χ1) is 4.13. The molecule has 2 atom stereocenters. The van der Waals surface area contributed by atoms with Crippen molar-refractivity contribution >= 4 is 0 Å². The number of aliphatic hydroxyl groups is 1. The van der Waals surface area contributed by atoms with Gasteiger partial charge < -0.3 is 10.4 Å². The Morgan fingerprint density at radius 3 is 2.67 bits per heavy atom. The van der Waals surface area contributed by atoms with Crippen molar-refractivity contribution in [2.75, 3.05) is 13.1 Å². The van der Waals surface area contributed by atoms with Crippen molar-refractivity contribution in [1.29, 1.82) is 0 Å². The number of hydrogen-bond acceptors (Lipinski definition) is 2. The molecule has 0 amide bonds. The van der Waals surface area contributed by atoms with Gasteiger partial charge in [0, 0.05) is 6.54 Å². The molecule has 0 bridgehead atoms. The largest absolute Gasteiger partial charge is 0.389 e. The zero-order valence-electron chi connectivity index (χ0n) is 6.15. The Morgan fingerprint density at radius 2 is 2.33 bits per heavy atom. The molecule has 0 aromatic rings. The molecule has 0 unspecified atom stereocenters. The topological polar surface area (TPSA) is 32.3 Å². The highest BCUT2D eigenvalue weighted by atomic mass is 16.3. The number of hydrogen-bond donors (Lipinski definition) is 2. The summed E-state index contributed by atoms with van der Waals surface area (Å²) in [5.74, 6) is 0.443. The lowest BCUT2D eigenvalue weighted by atomic mass is 9.85. The van der Waals surface area contributed by atoms with Gasteiger partial charge in [0.05, 0.1) is 5.60 Å². The van der Waals surface area contributed by atoms with Crippen LogP contribution in [0, 0.1) is 5.92 Å². The summed E-state index contributed by atoms with van der Waals surface area (Å²) in [5.41, 5.74) is -0.474. The van der Waals surface area contributed by atoms with Gasteiger partial charge in [-0.1, -0.05) is 6.92 Å². The summed E-state index contributed by atoms with van der Waals surface area (Å²) in [6, 6.07) is 0. The summed E-state index contributed by atoms with van der Waals surface area (Å²) in [6.45, 7) is 5.79. The van der Waals surface area contributed by atoms with Crippen molar-refractivity contribution in [2.24, 2.45) is 5.92 Å². The van der Waals surface area contributed by atoms with Crippen LogP contribution in [0.5, 0.6) is 0 Å². The van der Waals surface area contributed by atoms with Gasteiger partial charge in [-0.25, -0.2) is 0 Å². The second-order valence-corrected chi connectivity index (χ2v) is 3.22. The lowest BCUT2D eigenvalue weighted by molar-refractivity contribution is -0.0115. The van der Waals surface area contributed by atoms with E-state index in [9.17, 15) is 5.11 Å². The van der Waals surface area contributed by atoms with Crippen molar-refractivity contribution in [1.82, 2.24) is 5.32 Å². The summed E-state index contributed by atoms with van der Waals surface area (Å²) >= 11 is 0. The van der Waals surface area contributed by atoms with E-state index in [1.165, 1.54) is 0 Å². The molecule has 1 rings (SSSR count). The molecule has 2 nitrogen and oxygen atoms in total. The average molecular weight is 129 g/mol. The summed E-state index contributed by atoms with van der Waals surface area (Å²) < 4.78 is 0. The molecule has 1 aliphatic rings. The van der Waals surface area contributed by atoms with Gasteiger partial charge in [-0.3, -0.25) is 0 Å². The van der Waals surface area contributed by atoms with Gasteiger partial charge in [-0.15, -0.1) is 0 Å². The zero-order chi connectivity index (χ0) is 6.91. The van der Waals surface area contributed by atoms with Gasteiger partial charge >= 0.3 is 0 Å². The molecule has 0 saturated carbocycles. The lowest BCUT2D eigenvalue weighted by Gasteiger charge is -2.35. The molecule has 54 valence electrons. The highest BCUT2D eigenvalue weighted by molar-refractivity contribution is 4.85. The first-order valence-corrected chi connectivity index (χ1v) is 3.56. The highest BCUT2D eigenvalue weighted by Gasteiger charge is 2.30. The van der Waals surface area contributed by atoms with Crippen LogP contribution in [-0.2, 0) is 0 Å². The van der Waals surface area contributed by atoms with Crippen LogP contribution in [0.25, 0.3) is 0 Å². The Labute approximate surface area is 56.3 Å². The fourth-order valence-corrected chi connectivity index (χ4v) is 1.15. The maximum atomic E-state index is 9.58. The van der Waals surface area contributed by atoms with Gasteiger partial charge in [0.15, 0.2) is 0 Å². The monoisotopic (exact) mass is 129 g/mol. The Hall–Kier alpha value is -0.0800. The number of nitrogens with one attached hydrogen (secondary N) is 1. The van der Waals surface area contributed by atoms with Gasteiger partial charge in [-0.2, -0.15) is 0 Å². The minimum absolute atomic E-state index is 0.443. The Kier molecular flexibility index (Phi) is 1.78. The van der Waals surface area contributed by atoms with Gasteiger partial charge in [0.2, 0.25) is 0 Å². The van der Waals surface area contributed by atoms with Crippen molar-refractivity contribution in [3.63, 3.8) is 0 Å². The van der Waals surface area contributed by atoms with Crippen LogP contribution in [0.2, 0.25) is 0 Å². The third-order valence-corrected chi connectivity index (χ3v) is 2.30. The van der Waals surface area contributed by atoms with Crippen molar-refractivity contribution < 1.29 is 5.11 Å². The lowest BCUT2D eigenvalue weighted by Crippen LogP contribution is -2.48. The van der Waals surface area contributed by atoms with Gasteiger partial charge in [-0.05, 0) is 25.8 Å². The molecule has 0 aromatic carbocycles. The Balaban J connectivity index is 2.49. The normalized spacial score (nSPS) is 45.0. The second-order valence-electron chi connectivity index (χ2n) is 3.22. The maximum Gasteiger partial charge on any atom is 0.0769 e. The smallest absolute Gasteiger partial charge is 0.0769 e. The highest BCUT2D eigenvalue weighted by Crippen LogP contribution is 2.21. The first-order valence-electron chi connectivity index (χ1n) is 3.56. The van der Waals surface area contributed by atoms with Gasteiger partial charge in [0.1, 0.15) is 0 Å². The van der Waals surface area contributed by atoms with Crippen molar-refractivity contribution in [2.45, 2.75) is 25.9 Å². The van der Waals surface area contributed by atoms with E-state index in [0.717, 1.165) is 19.5 Å². The van der Waals surface area contributed by atoms with Crippen LogP contribution < -0.4 is 5.32 Å². The standard InChI is InChI=1S/C7H15NO/c1-6-3-4-8-5-7(6,2)9/h6,8-9H,3-5H2,1-2H3/t6-,7-/m1/s1. The second kappa shape index (κ2) is 2.27. The minimum atomic E-state index is -0.474. The van der Waals surface area contributed by atoms with Crippen LogP contribution in [0.3, 0.4) is 0 Å². The molecule has 2 heteroatoms. The van der Waals surface area contributed by atoms with E-state index in [1.807, 2.05) is 6.92 Å². The summed E-state index contributed by atoms with van der Waals surface area (Å²) in [4.78, 5) is 0. The molecule has 0 radical (unpaired) electrons. The van der Waals surface area contributed by atoms with Crippen LogP contribution in [0.15, 0.2) is 0 Å². The Bertz CT molecular complexity index is 101. The maximum absolute atomic E-state index is 9.58. The third-order valence-electron chi connectivity index (χ3n) is 2.30. The summed E-state index contributed by atoms with van der Waals surface area (Å²) in [6.07, 6.45) is 1.09. The predicted molar refractivity (Wildman–Crippen MR) is 37.3 cm³/mol. The fraction of sp³-hybridized carbons (Fsp3) is 1.00. The van der Waals surface area contributed by atoms with E-state index in [4.69, 9.17) is 0 Å². The molecule has 1 fully saturated rings. The van der Waals surface area contributed by atoms with Crippen molar-refractivity contribution in [3.05, 3.63) is 0 Å². The zero-order valence-corrected chi connectivity index (χ0v) is 6.15. The number of β-amino-alcohol motifs (C(OH)–C–C–N with tert-alkyl or cyclic N) is 1. The van der Waals surface area contributed by atoms with E-state index < -0.39 is 5.60 Å². The SMILES string of the molecule is C[C@@H]1CCNC[C@@]1(C)O. The molecule has 0 spiro atoms. The van der Waals surface area contributed by atoms with E-state index in [-0.39, 0.29) is 0 Å². The molecular weight excluding hydrogens is 114 g/mol. The Morgan fingerprint density at radius 1 is 1.67 bits per heavy atom. The molecule has 1 heterocycles. The van der Waals surface area contributed by atoms with Crippen LogP contribution in [0.4, 0.5) is 0 Å². The number of piperidine rings is 1. The fourth-order valence-electron chi connectivity index (χ4n) is 1.15. The van der Waals surface area contributed by atoms with E-state index in [2.05, 4.69) is 12.2 Å². The number of rotatable bonds is 0. The predicted octanol–water partition coefficient (Wildman–Crippen LogP) is 0.367. The molecular formula is C7H15NO. The molecule has 2 N–H and O–H groups in total. The minimum Gasteiger partial charge on any atom is -0.389 e. The summed E-state index contributed by atoms with van der Waals surface area (Å²) in [7, 11) is 0. The molecule has 1 saturated heterocycles. The summed E-state index contributed by atoms with van der Waals surface area (Å²) in [5, 5.41) is 12.7. The van der Waals surface area contributed by atoms with Crippen LogP contribution in [-0.4, -0.2) is 23.8 Å². The molecule has 9 heavy (non-hydrogen) atoms. The quantitative estimate of drug-likeness (QED) is 0.495.